The minimum atomic E-state index is 1.25. The summed E-state index contributed by atoms with van der Waals surface area (Å²) in [5, 5.41) is 7.89. The van der Waals surface area contributed by atoms with Crippen molar-refractivity contribution in [1.82, 2.24) is 4.35 Å². The normalized spacial score (nSPS) is 5.00. The van der Waals surface area contributed by atoms with Crippen LogP contribution in [-0.2, 0) is 0 Å². The Morgan fingerprint density at radius 1 is 1.67 bits per heavy atom. The molecule has 2 N–H and O–H groups in total. The monoisotopic (exact) mass is 132 g/mol. The van der Waals surface area contributed by atoms with Crippen LogP contribution < -0.4 is 4.35 Å². The Balaban J connectivity index is 0. The third-order valence-corrected chi connectivity index (χ3v) is 0. The highest BCUT2D eigenvalue weighted by Crippen LogP contribution is 1.57. The molecule has 0 spiro atoms. The van der Waals surface area contributed by atoms with Crippen molar-refractivity contribution >= 4 is 23.6 Å². The van der Waals surface area contributed by atoms with Gasteiger partial charge >= 0.3 is 0 Å². The molecular weight excluding hydrogens is 131 g/mol. The van der Waals surface area contributed by atoms with Crippen LogP contribution >= 0.6 is 23.6 Å². The molecule has 0 saturated heterocycles. The maximum atomic E-state index is 8.11. The van der Waals surface area contributed by atoms with Crippen LogP contribution in [0.2, 0.25) is 0 Å². The second-order valence-electron chi connectivity index (χ2n) is 0.153. The SMILES string of the molecule is ClNCl.O=NO. The maximum Gasteiger partial charge on any atom is 0.152 e. The lowest BCUT2D eigenvalue weighted by Crippen LogP contribution is -1.59. The summed E-state index contributed by atoms with van der Waals surface area (Å²) in [5.41, 5.74) is 0. The van der Waals surface area contributed by atoms with Crippen molar-refractivity contribution in [2.24, 2.45) is 5.34 Å². The standard InChI is InChI=1S/Cl2HN.HNO2/c1-3-2;2-1-3/h3H;(H,2,3). The Hall–Kier alpha value is -0.0600. The summed E-state index contributed by atoms with van der Waals surface area (Å²) in [4.78, 5) is 8.11. The first-order valence-corrected chi connectivity index (χ1v) is 1.52. The van der Waals surface area contributed by atoms with E-state index in [1.54, 1.807) is 4.35 Å². The predicted molar refractivity (Wildman–Crippen MR) is 22.4 cm³/mol. The van der Waals surface area contributed by atoms with E-state index in [2.05, 4.69) is 23.6 Å². The smallest absolute Gasteiger partial charge is 0.152 e. The Morgan fingerprint density at radius 2 is 1.67 bits per heavy atom. The Kier molecular flexibility index (Phi) is 31.7. The molecule has 0 bridgehead atoms. The summed E-state index contributed by atoms with van der Waals surface area (Å²) in [6.45, 7) is 0. The van der Waals surface area contributed by atoms with Crippen molar-refractivity contribution in [3.8, 4) is 0 Å². The number of nitrogens with zero attached hydrogens (tertiary/aromatic N) is 1. The zero-order valence-corrected chi connectivity index (χ0v) is 4.07. The highest BCUT2D eigenvalue weighted by Gasteiger charge is 1.34. The van der Waals surface area contributed by atoms with Gasteiger partial charge in [-0.15, -0.1) is 9.26 Å². The van der Waals surface area contributed by atoms with E-state index in [0.717, 1.165) is 0 Å². The quantitative estimate of drug-likeness (QED) is 0.294. The summed E-state index contributed by atoms with van der Waals surface area (Å²) in [5.74, 6) is 0. The van der Waals surface area contributed by atoms with Crippen molar-refractivity contribution in [3.63, 3.8) is 0 Å². The molecule has 0 rings (SSSR count). The van der Waals surface area contributed by atoms with Crippen molar-refractivity contribution in [1.29, 1.82) is 0 Å². The first-order valence-electron chi connectivity index (χ1n) is 0.761. The fraction of sp³-hybridized carbons (Fsp3) is 0. The molecule has 4 nitrogen and oxygen atoms in total. The van der Waals surface area contributed by atoms with Gasteiger partial charge in [-0.25, -0.2) is 0 Å². The lowest BCUT2D eigenvalue weighted by molar-refractivity contribution is 0.312. The molecule has 0 saturated carbocycles. The summed E-state index contributed by atoms with van der Waals surface area (Å²) in [7, 11) is 0. The van der Waals surface area contributed by atoms with Crippen LogP contribution in [0.1, 0.15) is 0 Å². The third-order valence-electron chi connectivity index (χ3n) is 0. The van der Waals surface area contributed by atoms with Crippen molar-refractivity contribution in [2.75, 3.05) is 0 Å². The van der Waals surface area contributed by atoms with Gasteiger partial charge in [-0.2, -0.15) is 0 Å². The average Bonchev–Trinajstić information content (AvgIpc) is 1.39. The molecule has 0 radical (unpaired) electrons. The molecule has 6 heavy (non-hydrogen) atoms. The number of rotatable bonds is 0. The van der Waals surface area contributed by atoms with Crippen molar-refractivity contribution in [2.45, 2.75) is 0 Å². The molecule has 0 aliphatic rings. The molecule has 0 aliphatic carbocycles. The lowest BCUT2D eigenvalue weighted by Gasteiger charge is -1.49. The van der Waals surface area contributed by atoms with E-state index >= 15 is 0 Å². The number of hydrogen-bond acceptors (Lipinski definition) is 3. The fourth-order valence-corrected chi connectivity index (χ4v) is 0. The van der Waals surface area contributed by atoms with Crippen LogP contribution in [0.3, 0.4) is 0 Å². The molecule has 0 aromatic heterocycles. The highest BCUT2D eigenvalue weighted by atomic mass is 35.5. The summed E-state index contributed by atoms with van der Waals surface area (Å²) < 4.78 is 1.69. The van der Waals surface area contributed by atoms with E-state index in [9.17, 15) is 0 Å². The van der Waals surface area contributed by atoms with Crippen LogP contribution in [-0.4, -0.2) is 5.21 Å². The maximum absolute atomic E-state index is 8.11. The average molecular weight is 133 g/mol. The van der Waals surface area contributed by atoms with Gasteiger partial charge in [-0.3, -0.25) is 0 Å². The van der Waals surface area contributed by atoms with Gasteiger partial charge in [-0.05, 0) is 23.6 Å². The molecule has 0 fully saturated rings. The van der Waals surface area contributed by atoms with E-state index in [-0.39, 0.29) is 0 Å². The molecule has 0 aromatic carbocycles. The van der Waals surface area contributed by atoms with Crippen molar-refractivity contribution < 1.29 is 5.21 Å². The zero-order chi connectivity index (χ0) is 5.41. The summed E-state index contributed by atoms with van der Waals surface area (Å²) >= 11 is 9.03. The molecule has 0 aromatic rings. The van der Waals surface area contributed by atoms with Gasteiger partial charge in [0, 0.05) is 0 Å². The first kappa shape index (κ1) is 9.34. The van der Waals surface area contributed by atoms with Crippen LogP contribution in [0.15, 0.2) is 5.34 Å². The summed E-state index contributed by atoms with van der Waals surface area (Å²) in [6.07, 6.45) is 0. The minimum absolute atomic E-state index is 1.25. The van der Waals surface area contributed by atoms with Crippen LogP contribution in [0.5, 0.6) is 0 Å². The second kappa shape index (κ2) is 20.4. The minimum Gasteiger partial charge on any atom is -0.379 e. The van der Waals surface area contributed by atoms with Gasteiger partial charge in [0.15, 0.2) is 5.34 Å². The van der Waals surface area contributed by atoms with E-state index in [4.69, 9.17) is 10.1 Å². The van der Waals surface area contributed by atoms with Gasteiger partial charge in [-0.1, -0.05) is 0 Å². The van der Waals surface area contributed by atoms with Gasteiger partial charge in [0.25, 0.3) is 0 Å². The van der Waals surface area contributed by atoms with E-state index < -0.39 is 0 Å². The van der Waals surface area contributed by atoms with Crippen LogP contribution in [0.4, 0.5) is 0 Å². The predicted octanol–water partition coefficient (Wildman–Crippen LogP) is 1.03. The van der Waals surface area contributed by atoms with E-state index in [1.807, 2.05) is 0 Å². The molecular formula is H2Cl2N2O2. The number of nitrogens with one attached hydrogen (secondary N) is 1. The molecule has 6 heteroatoms. The Bertz CT molecular complexity index is 23.5. The Labute approximate surface area is 44.2 Å². The number of halogens is 2. The molecule has 0 aliphatic heterocycles. The van der Waals surface area contributed by atoms with Gasteiger partial charge in [0.05, 0.1) is 0 Å². The van der Waals surface area contributed by atoms with Gasteiger partial charge in [0.1, 0.15) is 0 Å². The van der Waals surface area contributed by atoms with Crippen LogP contribution in [0.25, 0.3) is 0 Å². The molecule has 38 valence electrons. The fourth-order valence-electron chi connectivity index (χ4n) is 0. The summed E-state index contributed by atoms with van der Waals surface area (Å²) in [6, 6.07) is 0. The third kappa shape index (κ3) is 9460. The van der Waals surface area contributed by atoms with Gasteiger partial charge in [0.2, 0.25) is 0 Å². The molecule has 0 amide bonds. The van der Waals surface area contributed by atoms with E-state index in [0.29, 0.717) is 0 Å². The Morgan fingerprint density at radius 3 is 1.67 bits per heavy atom. The molecule has 0 heterocycles. The van der Waals surface area contributed by atoms with Gasteiger partial charge < -0.3 is 5.21 Å². The largest absolute Gasteiger partial charge is 0.379 e. The van der Waals surface area contributed by atoms with E-state index in [1.165, 1.54) is 5.34 Å². The molecule has 0 unspecified atom stereocenters. The number of hydrogen-bond donors (Lipinski definition) is 2. The lowest BCUT2D eigenvalue weighted by atomic mass is 13.4. The molecule has 0 atom stereocenters. The first-order chi connectivity index (χ1) is 2.83. The zero-order valence-electron chi connectivity index (χ0n) is 2.56. The topological polar surface area (TPSA) is 61.7 Å². The van der Waals surface area contributed by atoms with Crippen LogP contribution in [0, 0.1) is 4.91 Å². The second-order valence-corrected chi connectivity index (χ2v) is 0.725. The highest BCUT2D eigenvalue weighted by molar-refractivity contribution is 6.33. The van der Waals surface area contributed by atoms with Crippen molar-refractivity contribution in [3.05, 3.63) is 4.91 Å².